The van der Waals surface area contributed by atoms with Crippen LogP contribution in [-0.2, 0) is 21.7 Å². The first-order chi connectivity index (χ1) is 14.0. The van der Waals surface area contributed by atoms with Gasteiger partial charge in [-0.1, -0.05) is 47.5 Å². The zero-order valence-electron chi connectivity index (χ0n) is 16.3. The molecule has 29 heavy (non-hydrogen) atoms. The molecule has 1 aliphatic heterocycles. The Kier molecular flexibility index (Phi) is 5.95. The molecule has 2 aromatic carbocycles. The maximum Gasteiger partial charge on any atom is 0.112 e. The van der Waals surface area contributed by atoms with Crippen molar-refractivity contribution in [1.29, 1.82) is 0 Å². The summed E-state index contributed by atoms with van der Waals surface area (Å²) in [5, 5.41) is 3.35. The smallest absolute Gasteiger partial charge is 0.112 e. The van der Waals surface area contributed by atoms with E-state index in [4.69, 9.17) is 32.8 Å². The standard InChI is InChI=1S/C22H23Cl2N3O2/c1-26-22(14-27-12-11-25-15-27,17-5-9-19(24)10-6-17)13-20(29-26)21(28-2)16-3-7-18(23)8-4-16/h3-12,15,20-21H,13-14H2,1-2H3. The van der Waals surface area contributed by atoms with Crippen molar-refractivity contribution in [3.63, 3.8) is 0 Å². The van der Waals surface area contributed by atoms with Gasteiger partial charge in [-0.2, -0.15) is 5.06 Å². The molecule has 1 fully saturated rings. The van der Waals surface area contributed by atoms with Crippen molar-refractivity contribution in [2.24, 2.45) is 0 Å². The molecule has 0 amide bonds. The van der Waals surface area contributed by atoms with E-state index in [0.29, 0.717) is 16.6 Å². The third-order valence-corrected chi connectivity index (χ3v) is 6.11. The molecule has 0 bridgehead atoms. The van der Waals surface area contributed by atoms with Crippen molar-refractivity contribution in [3.05, 3.63) is 88.4 Å². The number of likely N-dealkylation sites (N-methyl/N-ethyl adjacent to an activating group) is 1. The first kappa shape index (κ1) is 20.4. The maximum absolute atomic E-state index is 6.36. The predicted molar refractivity (Wildman–Crippen MR) is 114 cm³/mol. The molecule has 5 nitrogen and oxygen atoms in total. The van der Waals surface area contributed by atoms with Crippen LogP contribution in [0.3, 0.4) is 0 Å². The van der Waals surface area contributed by atoms with E-state index in [2.05, 4.69) is 21.7 Å². The monoisotopic (exact) mass is 431 g/mol. The number of hydrogen-bond donors (Lipinski definition) is 0. The minimum absolute atomic E-state index is 0.162. The summed E-state index contributed by atoms with van der Waals surface area (Å²) < 4.78 is 7.93. The lowest BCUT2D eigenvalue weighted by Gasteiger charge is -2.35. The van der Waals surface area contributed by atoms with Crippen molar-refractivity contribution < 1.29 is 9.57 Å². The normalized spacial score (nSPS) is 23.4. The van der Waals surface area contributed by atoms with Gasteiger partial charge in [0.15, 0.2) is 0 Å². The molecule has 0 radical (unpaired) electrons. The first-order valence-corrected chi connectivity index (χ1v) is 10.2. The highest BCUT2D eigenvalue weighted by Crippen LogP contribution is 2.45. The van der Waals surface area contributed by atoms with Crippen LogP contribution in [0.1, 0.15) is 23.7 Å². The van der Waals surface area contributed by atoms with Gasteiger partial charge >= 0.3 is 0 Å². The molecular weight excluding hydrogens is 409 g/mol. The molecule has 1 aromatic heterocycles. The van der Waals surface area contributed by atoms with Crippen molar-refractivity contribution in [2.75, 3.05) is 14.2 Å². The third-order valence-electron chi connectivity index (χ3n) is 5.61. The number of nitrogens with zero attached hydrogens (tertiary/aromatic N) is 3. The molecule has 7 heteroatoms. The Morgan fingerprint density at radius 2 is 1.79 bits per heavy atom. The molecule has 3 atom stereocenters. The number of methoxy groups -OCH3 is 1. The van der Waals surface area contributed by atoms with Gasteiger partial charge in [-0.15, -0.1) is 0 Å². The first-order valence-electron chi connectivity index (χ1n) is 9.42. The summed E-state index contributed by atoms with van der Waals surface area (Å²) in [5.74, 6) is 0. The van der Waals surface area contributed by atoms with Crippen LogP contribution in [-0.4, -0.2) is 34.9 Å². The molecule has 2 heterocycles. The fraction of sp³-hybridized carbons (Fsp3) is 0.318. The number of hydroxylamine groups is 2. The lowest BCUT2D eigenvalue weighted by molar-refractivity contribution is -0.197. The van der Waals surface area contributed by atoms with Crippen molar-refractivity contribution >= 4 is 23.2 Å². The number of benzene rings is 2. The summed E-state index contributed by atoms with van der Waals surface area (Å²) >= 11 is 12.2. The summed E-state index contributed by atoms with van der Waals surface area (Å²) in [7, 11) is 3.68. The van der Waals surface area contributed by atoms with Crippen LogP contribution in [0.4, 0.5) is 0 Å². The molecule has 152 valence electrons. The van der Waals surface area contributed by atoms with Gasteiger partial charge in [0.1, 0.15) is 12.2 Å². The zero-order valence-corrected chi connectivity index (χ0v) is 17.8. The van der Waals surface area contributed by atoms with E-state index < -0.39 is 0 Å². The molecular formula is C22H23Cl2N3O2. The summed E-state index contributed by atoms with van der Waals surface area (Å²) in [4.78, 5) is 10.6. The number of imidazole rings is 1. The predicted octanol–water partition coefficient (Wildman–Crippen LogP) is 5.11. The van der Waals surface area contributed by atoms with Gasteiger partial charge in [0.05, 0.1) is 11.9 Å². The van der Waals surface area contributed by atoms with Crippen LogP contribution >= 0.6 is 23.2 Å². The molecule has 1 saturated heterocycles. The topological polar surface area (TPSA) is 39.5 Å². The zero-order chi connectivity index (χ0) is 20.4. The molecule has 0 N–H and O–H groups in total. The highest BCUT2D eigenvalue weighted by atomic mass is 35.5. The maximum atomic E-state index is 6.36. The van der Waals surface area contributed by atoms with E-state index in [1.54, 1.807) is 13.3 Å². The van der Waals surface area contributed by atoms with Gasteiger partial charge < -0.3 is 9.30 Å². The Balaban J connectivity index is 1.70. The molecule has 4 rings (SSSR count). The number of rotatable bonds is 6. The number of halogens is 2. The molecule has 0 spiro atoms. The number of hydrogen-bond acceptors (Lipinski definition) is 4. The van der Waals surface area contributed by atoms with E-state index in [1.807, 2.05) is 61.0 Å². The Bertz CT molecular complexity index is 932. The second-order valence-electron chi connectivity index (χ2n) is 7.33. The lowest BCUT2D eigenvalue weighted by atomic mass is 9.83. The molecule has 0 aliphatic carbocycles. The van der Waals surface area contributed by atoms with Crippen LogP contribution < -0.4 is 0 Å². The molecule has 1 aliphatic rings. The second kappa shape index (κ2) is 8.46. The average molecular weight is 432 g/mol. The lowest BCUT2D eigenvalue weighted by Crippen LogP contribution is -2.41. The second-order valence-corrected chi connectivity index (χ2v) is 8.20. The van der Waals surface area contributed by atoms with Crippen LogP contribution in [0.5, 0.6) is 0 Å². The highest BCUT2D eigenvalue weighted by molar-refractivity contribution is 6.30. The van der Waals surface area contributed by atoms with Crippen LogP contribution in [0.15, 0.2) is 67.3 Å². The number of ether oxygens (including phenoxy) is 1. The van der Waals surface area contributed by atoms with E-state index in [9.17, 15) is 0 Å². The summed E-state index contributed by atoms with van der Waals surface area (Å²) in [6.45, 7) is 0.693. The molecule has 3 aromatic rings. The quantitative estimate of drug-likeness (QED) is 0.543. The van der Waals surface area contributed by atoms with Gasteiger partial charge in [-0.05, 0) is 35.4 Å². The molecule has 3 unspecified atom stereocenters. The van der Waals surface area contributed by atoms with Gasteiger partial charge in [-0.3, -0.25) is 4.84 Å². The van der Waals surface area contributed by atoms with Gasteiger partial charge in [0, 0.05) is 49.6 Å². The third kappa shape index (κ3) is 4.06. The van der Waals surface area contributed by atoms with E-state index in [0.717, 1.165) is 17.5 Å². The van der Waals surface area contributed by atoms with E-state index in [1.165, 1.54) is 0 Å². The van der Waals surface area contributed by atoms with Crippen molar-refractivity contribution in [1.82, 2.24) is 14.6 Å². The van der Waals surface area contributed by atoms with Crippen LogP contribution in [0, 0.1) is 0 Å². The largest absolute Gasteiger partial charge is 0.374 e. The van der Waals surface area contributed by atoms with Gasteiger partial charge in [-0.25, -0.2) is 4.98 Å². The Hall–Kier alpha value is -1.89. The van der Waals surface area contributed by atoms with E-state index in [-0.39, 0.29) is 17.7 Å². The highest BCUT2D eigenvalue weighted by Gasteiger charge is 2.49. The average Bonchev–Trinajstić information content (AvgIpc) is 3.33. The Labute approximate surface area is 180 Å². The van der Waals surface area contributed by atoms with Gasteiger partial charge in [0.2, 0.25) is 0 Å². The molecule has 0 saturated carbocycles. The summed E-state index contributed by atoms with van der Waals surface area (Å²) in [6, 6.07) is 15.7. The Morgan fingerprint density at radius 1 is 1.14 bits per heavy atom. The minimum Gasteiger partial charge on any atom is -0.374 e. The Morgan fingerprint density at radius 3 is 2.38 bits per heavy atom. The fourth-order valence-corrected chi connectivity index (χ4v) is 4.37. The van der Waals surface area contributed by atoms with E-state index >= 15 is 0 Å². The van der Waals surface area contributed by atoms with Crippen molar-refractivity contribution in [3.8, 4) is 0 Å². The number of aromatic nitrogens is 2. The van der Waals surface area contributed by atoms with Crippen LogP contribution in [0.25, 0.3) is 0 Å². The fourth-order valence-electron chi connectivity index (χ4n) is 4.12. The minimum atomic E-state index is -0.390. The SMILES string of the molecule is COC(c1ccc(Cl)cc1)C1CC(Cn2ccnc2)(c2ccc(Cl)cc2)N(C)O1. The summed E-state index contributed by atoms with van der Waals surface area (Å²) in [5.41, 5.74) is 1.77. The summed E-state index contributed by atoms with van der Waals surface area (Å²) in [6.07, 6.45) is 5.94. The van der Waals surface area contributed by atoms with Crippen LogP contribution in [0.2, 0.25) is 10.0 Å². The van der Waals surface area contributed by atoms with Gasteiger partial charge in [0.25, 0.3) is 0 Å². The van der Waals surface area contributed by atoms with Crippen molar-refractivity contribution in [2.45, 2.75) is 30.7 Å².